The van der Waals surface area contributed by atoms with Gasteiger partial charge < -0.3 is 10.2 Å². The van der Waals surface area contributed by atoms with Crippen molar-refractivity contribution in [1.82, 2.24) is 15.2 Å². The molecule has 0 bridgehead atoms. The first-order valence-electron chi connectivity index (χ1n) is 7.64. The van der Waals surface area contributed by atoms with Crippen LogP contribution >= 0.6 is 0 Å². The Balaban J connectivity index is 1.55. The fourth-order valence-electron chi connectivity index (χ4n) is 2.78. The summed E-state index contributed by atoms with van der Waals surface area (Å²) in [5.74, 6) is 0.963. The summed E-state index contributed by atoms with van der Waals surface area (Å²) in [4.78, 5) is 6.81. The van der Waals surface area contributed by atoms with E-state index < -0.39 is 0 Å². The maximum Gasteiger partial charge on any atom is 0.0416 e. The van der Waals surface area contributed by atoms with Crippen LogP contribution in [0, 0.1) is 5.92 Å². The monoisotopic (exact) mass is 261 g/mol. The first-order chi connectivity index (χ1) is 9.34. The lowest BCUT2D eigenvalue weighted by Gasteiger charge is -2.23. The van der Waals surface area contributed by atoms with E-state index in [9.17, 15) is 0 Å². The molecule has 3 heteroatoms. The molecule has 1 N–H and O–H groups in total. The second kappa shape index (κ2) is 8.28. The topological polar surface area (TPSA) is 28.2 Å². The van der Waals surface area contributed by atoms with E-state index in [1.165, 1.54) is 51.0 Å². The molecule has 106 valence electrons. The van der Waals surface area contributed by atoms with E-state index in [0.29, 0.717) is 0 Å². The summed E-state index contributed by atoms with van der Waals surface area (Å²) in [5, 5.41) is 3.44. The summed E-state index contributed by atoms with van der Waals surface area (Å²) in [6.45, 7) is 4.78. The molecule has 19 heavy (non-hydrogen) atoms. The van der Waals surface area contributed by atoms with Crippen molar-refractivity contribution in [3.05, 3.63) is 30.1 Å². The number of likely N-dealkylation sites (N-methyl/N-ethyl adjacent to an activating group) is 1. The van der Waals surface area contributed by atoms with Gasteiger partial charge >= 0.3 is 0 Å². The normalized spacial score (nSPS) is 16.9. The van der Waals surface area contributed by atoms with Crippen LogP contribution in [-0.4, -0.2) is 43.1 Å². The van der Waals surface area contributed by atoms with Gasteiger partial charge in [0.1, 0.15) is 0 Å². The van der Waals surface area contributed by atoms with E-state index in [1.54, 1.807) is 0 Å². The molecule has 0 radical (unpaired) electrons. The molecule has 0 amide bonds. The van der Waals surface area contributed by atoms with Crippen molar-refractivity contribution in [2.75, 3.05) is 33.2 Å². The number of rotatable bonds is 7. The average Bonchev–Trinajstić information content (AvgIpc) is 2.47. The van der Waals surface area contributed by atoms with Gasteiger partial charge in [0.05, 0.1) is 0 Å². The number of hydrogen-bond donors (Lipinski definition) is 1. The van der Waals surface area contributed by atoms with E-state index in [-0.39, 0.29) is 0 Å². The quantitative estimate of drug-likeness (QED) is 0.816. The number of nitrogens with one attached hydrogen (secondary N) is 1. The van der Waals surface area contributed by atoms with Crippen molar-refractivity contribution in [3.8, 4) is 0 Å². The standard InChI is InChI=1S/C16H27N3/c1-19(14-9-16-6-2-3-10-18-16)13-4-5-15-7-11-17-12-8-15/h2-3,6,10,15,17H,4-5,7-9,11-14H2,1H3. The summed E-state index contributed by atoms with van der Waals surface area (Å²) in [6, 6.07) is 6.16. The third-order valence-corrected chi connectivity index (χ3v) is 4.09. The lowest BCUT2D eigenvalue weighted by molar-refractivity contribution is 0.292. The Kier molecular flexibility index (Phi) is 6.31. The predicted molar refractivity (Wildman–Crippen MR) is 80.3 cm³/mol. The molecule has 2 rings (SSSR count). The van der Waals surface area contributed by atoms with Crippen molar-refractivity contribution >= 4 is 0 Å². The van der Waals surface area contributed by atoms with Gasteiger partial charge in [-0.2, -0.15) is 0 Å². The molecule has 1 aliphatic rings. The van der Waals surface area contributed by atoms with Crippen molar-refractivity contribution in [2.45, 2.75) is 32.1 Å². The maximum absolute atomic E-state index is 4.37. The molecule has 3 nitrogen and oxygen atoms in total. The fourth-order valence-corrected chi connectivity index (χ4v) is 2.78. The average molecular weight is 261 g/mol. The molecule has 0 aromatic carbocycles. The Labute approximate surface area is 117 Å². The molecule has 0 saturated carbocycles. The van der Waals surface area contributed by atoms with Crippen LogP contribution in [-0.2, 0) is 6.42 Å². The third kappa shape index (κ3) is 5.70. The third-order valence-electron chi connectivity index (χ3n) is 4.09. The van der Waals surface area contributed by atoms with Crippen molar-refractivity contribution in [3.63, 3.8) is 0 Å². The zero-order valence-corrected chi connectivity index (χ0v) is 12.1. The van der Waals surface area contributed by atoms with Crippen LogP contribution in [0.3, 0.4) is 0 Å². The van der Waals surface area contributed by atoms with Crippen LogP contribution in [0.5, 0.6) is 0 Å². The lowest BCUT2D eigenvalue weighted by atomic mass is 9.93. The van der Waals surface area contributed by atoms with Crippen LogP contribution in [0.4, 0.5) is 0 Å². The largest absolute Gasteiger partial charge is 0.317 e. The SMILES string of the molecule is CN(CCCC1CCNCC1)CCc1ccccn1. The van der Waals surface area contributed by atoms with E-state index in [0.717, 1.165) is 18.9 Å². The van der Waals surface area contributed by atoms with Crippen molar-refractivity contribution in [1.29, 1.82) is 0 Å². The highest BCUT2D eigenvalue weighted by Crippen LogP contribution is 2.17. The molecular weight excluding hydrogens is 234 g/mol. The van der Waals surface area contributed by atoms with Gasteiger partial charge in [0.25, 0.3) is 0 Å². The van der Waals surface area contributed by atoms with Gasteiger partial charge in [-0.15, -0.1) is 0 Å². The molecule has 1 aromatic heterocycles. The van der Waals surface area contributed by atoms with E-state index in [4.69, 9.17) is 0 Å². The van der Waals surface area contributed by atoms with Gasteiger partial charge in [0.2, 0.25) is 0 Å². The molecule has 0 atom stereocenters. The highest BCUT2D eigenvalue weighted by molar-refractivity contribution is 5.03. The molecule has 1 saturated heterocycles. The van der Waals surface area contributed by atoms with Gasteiger partial charge in [-0.3, -0.25) is 4.98 Å². The van der Waals surface area contributed by atoms with E-state index in [1.807, 2.05) is 12.3 Å². The molecule has 0 spiro atoms. The highest BCUT2D eigenvalue weighted by atomic mass is 15.1. The first kappa shape index (κ1) is 14.5. The number of pyridine rings is 1. The van der Waals surface area contributed by atoms with Crippen molar-refractivity contribution < 1.29 is 0 Å². The van der Waals surface area contributed by atoms with Crippen LogP contribution in [0.1, 0.15) is 31.4 Å². The van der Waals surface area contributed by atoms with E-state index in [2.05, 4.69) is 34.4 Å². The molecule has 1 aromatic rings. The smallest absolute Gasteiger partial charge is 0.0416 e. The van der Waals surface area contributed by atoms with Gasteiger partial charge in [0.15, 0.2) is 0 Å². The lowest BCUT2D eigenvalue weighted by Crippen LogP contribution is -2.28. The maximum atomic E-state index is 4.37. The molecule has 2 heterocycles. The van der Waals surface area contributed by atoms with Gasteiger partial charge in [0, 0.05) is 24.9 Å². The van der Waals surface area contributed by atoms with Crippen LogP contribution < -0.4 is 5.32 Å². The fraction of sp³-hybridized carbons (Fsp3) is 0.688. The van der Waals surface area contributed by atoms with Gasteiger partial charge in [-0.1, -0.05) is 6.07 Å². The number of nitrogens with zero attached hydrogens (tertiary/aromatic N) is 2. The zero-order valence-electron chi connectivity index (χ0n) is 12.1. The molecular formula is C16H27N3. The summed E-state index contributed by atoms with van der Waals surface area (Å²) in [6.07, 6.45) is 8.42. The predicted octanol–water partition coefficient (Wildman–Crippen LogP) is 2.34. The Bertz CT molecular complexity index is 333. The molecule has 0 unspecified atom stereocenters. The Morgan fingerprint density at radius 2 is 2.11 bits per heavy atom. The summed E-state index contributed by atoms with van der Waals surface area (Å²) < 4.78 is 0. The van der Waals surface area contributed by atoms with Crippen LogP contribution in [0.25, 0.3) is 0 Å². The summed E-state index contributed by atoms with van der Waals surface area (Å²) in [5.41, 5.74) is 1.20. The van der Waals surface area contributed by atoms with E-state index >= 15 is 0 Å². The second-order valence-electron chi connectivity index (χ2n) is 5.71. The second-order valence-corrected chi connectivity index (χ2v) is 5.71. The summed E-state index contributed by atoms with van der Waals surface area (Å²) in [7, 11) is 2.23. The Hall–Kier alpha value is -0.930. The number of aromatic nitrogens is 1. The minimum Gasteiger partial charge on any atom is -0.317 e. The zero-order chi connectivity index (χ0) is 13.3. The Morgan fingerprint density at radius 3 is 2.84 bits per heavy atom. The highest BCUT2D eigenvalue weighted by Gasteiger charge is 2.12. The van der Waals surface area contributed by atoms with Crippen molar-refractivity contribution in [2.24, 2.45) is 5.92 Å². The number of piperidine rings is 1. The molecule has 1 fully saturated rings. The minimum atomic E-state index is 0.963. The minimum absolute atomic E-state index is 0.963. The van der Waals surface area contributed by atoms with Crippen LogP contribution in [0.2, 0.25) is 0 Å². The van der Waals surface area contributed by atoms with Crippen LogP contribution in [0.15, 0.2) is 24.4 Å². The Morgan fingerprint density at radius 1 is 1.26 bits per heavy atom. The van der Waals surface area contributed by atoms with Gasteiger partial charge in [-0.25, -0.2) is 0 Å². The summed E-state index contributed by atoms with van der Waals surface area (Å²) >= 11 is 0. The van der Waals surface area contributed by atoms with Gasteiger partial charge in [-0.05, 0) is 70.4 Å². The molecule has 1 aliphatic heterocycles. The number of hydrogen-bond acceptors (Lipinski definition) is 3. The first-order valence-corrected chi connectivity index (χ1v) is 7.64. The molecule has 0 aliphatic carbocycles.